The number of methoxy groups -OCH3 is 1. The van der Waals surface area contributed by atoms with Crippen LogP contribution in [0.5, 0.6) is 11.5 Å². The van der Waals surface area contributed by atoms with Crippen molar-refractivity contribution in [3.63, 3.8) is 0 Å². The molecule has 5 nitrogen and oxygen atoms in total. The molecule has 1 aliphatic rings. The average molecular weight is 443 g/mol. The quantitative estimate of drug-likeness (QED) is 0.597. The van der Waals surface area contributed by atoms with Crippen LogP contribution in [0.2, 0.25) is 5.02 Å². The molecule has 0 saturated heterocycles. The number of nitrogens with one attached hydrogen (secondary N) is 1. The largest absolute Gasteiger partial charge is 0.496 e. The molecule has 7 heteroatoms. The van der Waals surface area contributed by atoms with Crippen molar-refractivity contribution in [2.45, 2.75) is 12.6 Å². The second-order valence-electron chi connectivity index (χ2n) is 7.04. The zero-order valence-electron chi connectivity index (χ0n) is 16.6. The fourth-order valence-electron chi connectivity index (χ4n) is 3.61. The van der Waals surface area contributed by atoms with Crippen molar-refractivity contribution in [2.75, 3.05) is 26.7 Å². The normalized spacial score (nSPS) is 16.3. The van der Waals surface area contributed by atoms with Crippen LogP contribution in [0.3, 0.4) is 0 Å². The average Bonchev–Trinajstić information content (AvgIpc) is 3.10. The van der Waals surface area contributed by atoms with E-state index >= 15 is 0 Å². The molecule has 156 valence electrons. The Kier molecular flexibility index (Phi) is 6.57. The van der Waals surface area contributed by atoms with Gasteiger partial charge < -0.3 is 14.8 Å². The Hall–Kier alpha value is -2.54. The molecule has 0 unspecified atom stereocenters. The van der Waals surface area contributed by atoms with Gasteiger partial charge in [-0.05, 0) is 23.6 Å². The number of halogens is 1. The molecular weight excluding hydrogens is 420 g/mol. The maximum atomic E-state index is 12.4. The Labute approximate surface area is 185 Å². The Balaban J connectivity index is 1.49. The molecule has 0 radical (unpaired) electrons. The first kappa shape index (κ1) is 20.7. The van der Waals surface area contributed by atoms with Gasteiger partial charge in [-0.15, -0.1) is 11.3 Å². The first-order valence-corrected chi connectivity index (χ1v) is 11.0. The molecule has 3 aromatic rings. The first-order chi connectivity index (χ1) is 14.7. The number of thiophene rings is 1. The summed E-state index contributed by atoms with van der Waals surface area (Å²) in [6, 6.07) is 17.8. The van der Waals surface area contributed by atoms with Gasteiger partial charge in [-0.25, -0.2) is 0 Å². The van der Waals surface area contributed by atoms with Crippen molar-refractivity contribution in [3.8, 4) is 11.5 Å². The third-order valence-corrected chi connectivity index (χ3v) is 6.42. The number of carbonyl (C=O) groups excluding carboxylic acids is 1. The minimum atomic E-state index is -0.174. The molecular formula is C23H23ClN2O3S. The van der Waals surface area contributed by atoms with Crippen molar-refractivity contribution >= 4 is 28.8 Å². The summed E-state index contributed by atoms with van der Waals surface area (Å²) < 4.78 is 12.0. The number of ether oxygens (including phenoxy) is 2. The molecule has 0 spiro atoms. The fraction of sp³-hybridized carbons (Fsp3) is 0.261. The second kappa shape index (κ2) is 9.51. The maximum Gasteiger partial charge on any atom is 0.262 e. The van der Waals surface area contributed by atoms with Crippen LogP contribution < -0.4 is 14.8 Å². The van der Waals surface area contributed by atoms with Gasteiger partial charge in [0.05, 0.1) is 12.1 Å². The lowest BCUT2D eigenvalue weighted by atomic mass is 10.1. The molecule has 2 aromatic carbocycles. The van der Waals surface area contributed by atoms with Gasteiger partial charge >= 0.3 is 0 Å². The third-order valence-electron chi connectivity index (χ3n) is 5.08. The van der Waals surface area contributed by atoms with Gasteiger partial charge in [0.15, 0.2) is 0 Å². The Morgan fingerprint density at radius 2 is 2.03 bits per heavy atom. The van der Waals surface area contributed by atoms with E-state index < -0.39 is 0 Å². The highest BCUT2D eigenvalue weighted by atomic mass is 35.5. The number of hydrogen-bond donors (Lipinski definition) is 1. The molecule has 1 amide bonds. The Morgan fingerprint density at radius 3 is 2.83 bits per heavy atom. The topological polar surface area (TPSA) is 50.8 Å². The maximum absolute atomic E-state index is 12.4. The SMILES string of the molecule is COc1ccccc1[C@@H]1CN(CCNC(=O)c2sccc2Cl)Cc2ccccc2O1. The molecule has 0 saturated carbocycles. The van der Waals surface area contributed by atoms with Crippen molar-refractivity contribution in [2.24, 2.45) is 0 Å². The molecule has 1 aromatic heterocycles. The third kappa shape index (κ3) is 4.61. The minimum absolute atomic E-state index is 0.136. The minimum Gasteiger partial charge on any atom is -0.496 e. The molecule has 30 heavy (non-hydrogen) atoms. The van der Waals surface area contributed by atoms with E-state index in [4.69, 9.17) is 21.1 Å². The van der Waals surface area contributed by atoms with Gasteiger partial charge in [0.1, 0.15) is 22.5 Å². The van der Waals surface area contributed by atoms with E-state index in [-0.39, 0.29) is 12.0 Å². The van der Waals surface area contributed by atoms with Crippen LogP contribution in [0.4, 0.5) is 0 Å². The van der Waals surface area contributed by atoms with E-state index in [9.17, 15) is 4.79 Å². The smallest absolute Gasteiger partial charge is 0.262 e. The van der Waals surface area contributed by atoms with Crippen LogP contribution in [0, 0.1) is 0 Å². The van der Waals surface area contributed by atoms with Crippen LogP contribution in [0.15, 0.2) is 60.0 Å². The summed E-state index contributed by atoms with van der Waals surface area (Å²) in [4.78, 5) is 15.2. The molecule has 0 bridgehead atoms. The van der Waals surface area contributed by atoms with Gasteiger partial charge in [0.25, 0.3) is 5.91 Å². The van der Waals surface area contributed by atoms with Crippen LogP contribution >= 0.6 is 22.9 Å². The van der Waals surface area contributed by atoms with Gasteiger partial charge in [0.2, 0.25) is 0 Å². The zero-order chi connectivity index (χ0) is 20.9. The van der Waals surface area contributed by atoms with E-state index in [2.05, 4.69) is 16.3 Å². The van der Waals surface area contributed by atoms with E-state index in [0.717, 1.165) is 29.2 Å². The lowest BCUT2D eigenvalue weighted by Crippen LogP contribution is -2.36. The summed E-state index contributed by atoms with van der Waals surface area (Å²) >= 11 is 7.41. The molecule has 2 heterocycles. The number of hydrogen-bond acceptors (Lipinski definition) is 5. The molecule has 1 aliphatic heterocycles. The fourth-order valence-corrected chi connectivity index (χ4v) is 4.67. The number of para-hydroxylation sites is 2. The predicted molar refractivity (Wildman–Crippen MR) is 120 cm³/mol. The lowest BCUT2D eigenvalue weighted by molar-refractivity contribution is 0.0947. The van der Waals surface area contributed by atoms with Gasteiger partial charge in [-0.1, -0.05) is 48.0 Å². The van der Waals surface area contributed by atoms with Crippen LogP contribution in [-0.2, 0) is 6.54 Å². The lowest BCUT2D eigenvalue weighted by Gasteiger charge is -2.25. The highest BCUT2D eigenvalue weighted by Crippen LogP contribution is 2.34. The molecule has 1 N–H and O–H groups in total. The number of rotatable bonds is 6. The molecule has 0 fully saturated rings. The summed E-state index contributed by atoms with van der Waals surface area (Å²) in [7, 11) is 1.67. The van der Waals surface area contributed by atoms with Crippen molar-refractivity contribution in [1.29, 1.82) is 0 Å². The van der Waals surface area contributed by atoms with Crippen molar-refractivity contribution in [1.82, 2.24) is 10.2 Å². The van der Waals surface area contributed by atoms with Crippen LogP contribution in [0.25, 0.3) is 0 Å². The van der Waals surface area contributed by atoms with Crippen molar-refractivity contribution in [3.05, 3.63) is 81.0 Å². The standard InChI is InChI=1S/C23H23ClN2O3S/c1-28-20-9-5-3-7-17(20)21-15-26(14-16-6-2-4-8-19(16)29-21)12-11-25-23(27)22-18(24)10-13-30-22/h2-10,13,21H,11-12,14-15H2,1H3,(H,25,27)/t21-/m0/s1. The molecule has 0 aliphatic carbocycles. The van der Waals surface area contributed by atoms with E-state index in [1.807, 2.05) is 47.8 Å². The predicted octanol–water partition coefficient (Wildman–Crippen LogP) is 4.78. The second-order valence-corrected chi connectivity index (χ2v) is 8.37. The van der Waals surface area contributed by atoms with Crippen LogP contribution in [0.1, 0.15) is 26.9 Å². The number of carbonyl (C=O) groups is 1. The number of fused-ring (bicyclic) bond motifs is 1. The summed E-state index contributed by atoms with van der Waals surface area (Å²) in [6.45, 7) is 2.65. The number of nitrogens with zero attached hydrogens (tertiary/aromatic N) is 1. The first-order valence-electron chi connectivity index (χ1n) is 9.76. The monoisotopic (exact) mass is 442 g/mol. The van der Waals surface area contributed by atoms with Crippen LogP contribution in [-0.4, -0.2) is 37.6 Å². The van der Waals surface area contributed by atoms with E-state index in [1.54, 1.807) is 13.2 Å². The Bertz CT molecular complexity index is 1020. The van der Waals surface area contributed by atoms with E-state index in [0.29, 0.717) is 29.5 Å². The van der Waals surface area contributed by atoms with E-state index in [1.165, 1.54) is 11.3 Å². The van der Waals surface area contributed by atoms with Crippen molar-refractivity contribution < 1.29 is 14.3 Å². The summed E-state index contributed by atoms with van der Waals surface area (Å²) in [6.07, 6.45) is -0.174. The van der Waals surface area contributed by atoms with Gasteiger partial charge in [0, 0.05) is 37.3 Å². The summed E-state index contributed by atoms with van der Waals surface area (Å²) in [5, 5.41) is 5.28. The number of amides is 1. The molecule has 4 rings (SSSR count). The summed E-state index contributed by atoms with van der Waals surface area (Å²) in [5.41, 5.74) is 2.14. The van der Waals surface area contributed by atoms with Gasteiger partial charge in [-0.2, -0.15) is 0 Å². The summed E-state index contributed by atoms with van der Waals surface area (Å²) in [5.74, 6) is 1.55. The van der Waals surface area contributed by atoms with Gasteiger partial charge in [-0.3, -0.25) is 9.69 Å². The number of benzene rings is 2. The Morgan fingerprint density at radius 1 is 1.23 bits per heavy atom. The highest BCUT2D eigenvalue weighted by molar-refractivity contribution is 7.12. The molecule has 1 atom stereocenters. The zero-order valence-corrected chi connectivity index (χ0v) is 18.2. The highest BCUT2D eigenvalue weighted by Gasteiger charge is 2.26.